The van der Waals surface area contributed by atoms with Gasteiger partial charge in [0.2, 0.25) is 5.91 Å². The summed E-state index contributed by atoms with van der Waals surface area (Å²) in [6.07, 6.45) is 2.53. The maximum atomic E-state index is 12.5. The van der Waals surface area contributed by atoms with Gasteiger partial charge in [-0.1, -0.05) is 19.1 Å². The predicted molar refractivity (Wildman–Crippen MR) is 80.1 cm³/mol. The number of carbonyl (C=O) groups is 2. The van der Waals surface area contributed by atoms with Gasteiger partial charge >= 0.3 is 5.97 Å². The van der Waals surface area contributed by atoms with Crippen molar-refractivity contribution in [1.29, 1.82) is 0 Å². The van der Waals surface area contributed by atoms with Crippen molar-refractivity contribution in [3.63, 3.8) is 0 Å². The standard InChI is InChI=1S/C16H22N2O3/c1-2-16(6-8-17-9-7-16)15(21)18-11-12-4-3-5-13(10-12)14(19)20/h3-5,10,17H,2,6-9,11H2,1H3,(H,18,21)(H,19,20). The van der Waals surface area contributed by atoms with Crippen molar-refractivity contribution in [1.82, 2.24) is 10.6 Å². The fourth-order valence-electron chi connectivity index (χ4n) is 2.83. The van der Waals surface area contributed by atoms with Gasteiger partial charge in [0.25, 0.3) is 0 Å². The van der Waals surface area contributed by atoms with Crippen LogP contribution in [0.3, 0.4) is 0 Å². The highest BCUT2D eigenvalue weighted by Gasteiger charge is 2.37. The van der Waals surface area contributed by atoms with E-state index in [1.807, 2.05) is 6.07 Å². The van der Waals surface area contributed by atoms with Gasteiger partial charge in [-0.3, -0.25) is 4.79 Å². The molecule has 3 N–H and O–H groups in total. The zero-order chi connectivity index (χ0) is 15.3. The first kappa shape index (κ1) is 15.5. The van der Waals surface area contributed by atoms with E-state index in [1.54, 1.807) is 18.2 Å². The van der Waals surface area contributed by atoms with Crippen LogP contribution in [0, 0.1) is 5.41 Å². The summed E-state index contributed by atoms with van der Waals surface area (Å²) in [6.45, 7) is 4.16. The van der Waals surface area contributed by atoms with Crippen molar-refractivity contribution in [3.05, 3.63) is 35.4 Å². The van der Waals surface area contributed by atoms with Crippen molar-refractivity contribution in [2.24, 2.45) is 5.41 Å². The van der Waals surface area contributed by atoms with E-state index in [2.05, 4.69) is 17.6 Å². The maximum Gasteiger partial charge on any atom is 0.335 e. The van der Waals surface area contributed by atoms with Crippen LogP contribution < -0.4 is 10.6 Å². The first-order valence-corrected chi connectivity index (χ1v) is 7.39. The first-order chi connectivity index (χ1) is 10.1. The molecule has 1 aromatic carbocycles. The Morgan fingerprint density at radius 1 is 1.33 bits per heavy atom. The quantitative estimate of drug-likeness (QED) is 0.772. The smallest absolute Gasteiger partial charge is 0.335 e. The molecular weight excluding hydrogens is 268 g/mol. The van der Waals surface area contributed by atoms with E-state index in [0.717, 1.165) is 37.9 Å². The third kappa shape index (κ3) is 3.61. The number of piperidine rings is 1. The Morgan fingerprint density at radius 3 is 2.67 bits per heavy atom. The third-order valence-electron chi connectivity index (χ3n) is 4.35. The molecule has 1 aliphatic heterocycles. The van der Waals surface area contributed by atoms with Gasteiger partial charge in [-0.2, -0.15) is 0 Å². The zero-order valence-corrected chi connectivity index (χ0v) is 12.3. The predicted octanol–water partition coefficient (Wildman–Crippen LogP) is 1.78. The van der Waals surface area contributed by atoms with E-state index in [-0.39, 0.29) is 16.9 Å². The van der Waals surface area contributed by atoms with E-state index >= 15 is 0 Å². The number of rotatable bonds is 5. The van der Waals surface area contributed by atoms with Crippen molar-refractivity contribution >= 4 is 11.9 Å². The number of nitrogens with one attached hydrogen (secondary N) is 2. The lowest BCUT2D eigenvalue weighted by atomic mass is 9.76. The Labute approximate surface area is 124 Å². The molecule has 0 saturated carbocycles. The van der Waals surface area contributed by atoms with Crippen LogP contribution in [0.5, 0.6) is 0 Å². The summed E-state index contributed by atoms with van der Waals surface area (Å²) in [5, 5.41) is 15.2. The number of benzene rings is 1. The fraction of sp³-hybridized carbons (Fsp3) is 0.500. The molecule has 114 valence electrons. The number of carbonyl (C=O) groups excluding carboxylic acids is 1. The normalized spacial score (nSPS) is 17.2. The molecule has 21 heavy (non-hydrogen) atoms. The molecule has 5 nitrogen and oxygen atoms in total. The summed E-state index contributed by atoms with van der Waals surface area (Å²) in [7, 11) is 0. The molecule has 1 fully saturated rings. The Morgan fingerprint density at radius 2 is 2.05 bits per heavy atom. The minimum atomic E-state index is -0.952. The Kier molecular flexibility index (Phi) is 4.96. The maximum absolute atomic E-state index is 12.5. The zero-order valence-electron chi connectivity index (χ0n) is 12.3. The van der Waals surface area contributed by atoms with Crippen LogP contribution in [-0.4, -0.2) is 30.1 Å². The van der Waals surface area contributed by atoms with Gasteiger partial charge in [-0.05, 0) is 50.0 Å². The summed E-state index contributed by atoms with van der Waals surface area (Å²) in [5.74, 6) is -0.876. The van der Waals surface area contributed by atoms with Gasteiger partial charge in [0.05, 0.1) is 11.0 Å². The lowest BCUT2D eigenvalue weighted by Crippen LogP contribution is -2.47. The molecule has 0 atom stereocenters. The van der Waals surface area contributed by atoms with Crippen LogP contribution in [0.15, 0.2) is 24.3 Å². The van der Waals surface area contributed by atoms with Crippen molar-refractivity contribution in [2.45, 2.75) is 32.7 Å². The molecule has 1 aromatic rings. The van der Waals surface area contributed by atoms with Gasteiger partial charge in [0, 0.05) is 6.54 Å². The SMILES string of the molecule is CCC1(C(=O)NCc2cccc(C(=O)O)c2)CCNCC1. The summed E-state index contributed by atoms with van der Waals surface area (Å²) in [5.41, 5.74) is 0.771. The summed E-state index contributed by atoms with van der Waals surface area (Å²) in [4.78, 5) is 23.4. The van der Waals surface area contributed by atoms with E-state index in [4.69, 9.17) is 5.11 Å². The van der Waals surface area contributed by atoms with E-state index in [9.17, 15) is 9.59 Å². The highest BCUT2D eigenvalue weighted by Crippen LogP contribution is 2.32. The second kappa shape index (κ2) is 6.72. The number of amides is 1. The molecule has 5 heteroatoms. The Hall–Kier alpha value is -1.88. The largest absolute Gasteiger partial charge is 0.478 e. The van der Waals surface area contributed by atoms with Crippen LogP contribution in [0.1, 0.15) is 42.1 Å². The lowest BCUT2D eigenvalue weighted by Gasteiger charge is -2.35. The lowest BCUT2D eigenvalue weighted by molar-refractivity contribution is -0.133. The second-order valence-electron chi connectivity index (χ2n) is 5.57. The molecule has 0 aromatic heterocycles. The number of carboxylic acid groups (broad SMARTS) is 1. The topological polar surface area (TPSA) is 78.4 Å². The number of aromatic carboxylic acids is 1. The first-order valence-electron chi connectivity index (χ1n) is 7.39. The van der Waals surface area contributed by atoms with Gasteiger partial charge in [0.1, 0.15) is 0 Å². The second-order valence-corrected chi connectivity index (χ2v) is 5.57. The van der Waals surface area contributed by atoms with E-state index in [0.29, 0.717) is 6.54 Å². The van der Waals surface area contributed by atoms with Crippen molar-refractivity contribution in [2.75, 3.05) is 13.1 Å². The highest BCUT2D eigenvalue weighted by atomic mass is 16.4. The molecule has 1 saturated heterocycles. The van der Waals surface area contributed by atoms with Crippen molar-refractivity contribution < 1.29 is 14.7 Å². The molecule has 1 aliphatic rings. The Bertz CT molecular complexity index is 522. The number of hydrogen-bond acceptors (Lipinski definition) is 3. The molecule has 2 rings (SSSR count). The van der Waals surface area contributed by atoms with Gasteiger partial charge in [0.15, 0.2) is 0 Å². The van der Waals surface area contributed by atoms with Gasteiger partial charge in [-0.25, -0.2) is 4.79 Å². The highest BCUT2D eigenvalue weighted by molar-refractivity contribution is 5.87. The van der Waals surface area contributed by atoms with E-state index in [1.165, 1.54) is 0 Å². The third-order valence-corrected chi connectivity index (χ3v) is 4.35. The van der Waals surface area contributed by atoms with Crippen LogP contribution in [0.2, 0.25) is 0 Å². The summed E-state index contributed by atoms with van der Waals surface area (Å²) >= 11 is 0. The molecular formula is C16H22N2O3. The molecule has 0 unspecified atom stereocenters. The van der Waals surface area contributed by atoms with Crippen LogP contribution in [0.4, 0.5) is 0 Å². The fourth-order valence-corrected chi connectivity index (χ4v) is 2.83. The minimum Gasteiger partial charge on any atom is -0.478 e. The van der Waals surface area contributed by atoms with E-state index < -0.39 is 5.97 Å². The molecule has 0 radical (unpaired) electrons. The molecule has 1 heterocycles. The van der Waals surface area contributed by atoms with Crippen LogP contribution in [-0.2, 0) is 11.3 Å². The average Bonchev–Trinajstić information content (AvgIpc) is 2.53. The van der Waals surface area contributed by atoms with Crippen LogP contribution >= 0.6 is 0 Å². The average molecular weight is 290 g/mol. The Balaban J connectivity index is 2.00. The molecule has 0 spiro atoms. The summed E-state index contributed by atoms with van der Waals surface area (Å²) < 4.78 is 0. The van der Waals surface area contributed by atoms with Gasteiger partial charge < -0.3 is 15.7 Å². The monoisotopic (exact) mass is 290 g/mol. The molecule has 0 bridgehead atoms. The number of hydrogen-bond donors (Lipinski definition) is 3. The van der Waals surface area contributed by atoms with Crippen LogP contribution in [0.25, 0.3) is 0 Å². The molecule has 1 amide bonds. The minimum absolute atomic E-state index is 0.0761. The van der Waals surface area contributed by atoms with Crippen molar-refractivity contribution in [3.8, 4) is 0 Å². The van der Waals surface area contributed by atoms with Gasteiger partial charge in [-0.15, -0.1) is 0 Å². The summed E-state index contributed by atoms with van der Waals surface area (Å²) in [6, 6.07) is 6.68. The molecule has 0 aliphatic carbocycles. The number of carboxylic acids is 1.